The third-order valence-electron chi connectivity index (χ3n) is 4.24. The lowest BCUT2D eigenvalue weighted by Gasteiger charge is -2.38. The Morgan fingerprint density at radius 2 is 1.70 bits per heavy atom. The number of rotatable bonds is 1. The van der Waals surface area contributed by atoms with Crippen LogP contribution in [0.1, 0.15) is 34.1 Å². The fraction of sp³-hybridized carbons (Fsp3) is 0.118. The zero-order valence-electron chi connectivity index (χ0n) is 10.5. The first-order valence-corrected chi connectivity index (χ1v) is 6.88. The molecule has 2 nitrogen and oxygen atoms in total. The van der Waals surface area contributed by atoms with E-state index in [2.05, 4.69) is 6.07 Å². The predicted molar refractivity (Wildman–Crippen MR) is 77.3 cm³/mol. The Balaban J connectivity index is 2.04. The third-order valence-corrected chi connectivity index (χ3v) is 4.48. The average Bonchev–Trinajstić information content (AvgIpc) is 2.46. The summed E-state index contributed by atoms with van der Waals surface area (Å²) >= 11 is 6.10. The van der Waals surface area contributed by atoms with Crippen LogP contribution in [0.5, 0.6) is 0 Å². The van der Waals surface area contributed by atoms with Gasteiger partial charge >= 0.3 is 5.97 Å². The van der Waals surface area contributed by atoms with Crippen molar-refractivity contribution < 1.29 is 9.90 Å². The first kappa shape index (κ1) is 11.7. The molecular weight excluding hydrogens is 272 g/mol. The summed E-state index contributed by atoms with van der Waals surface area (Å²) in [5.41, 5.74) is 4.97. The van der Waals surface area contributed by atoms with Gasteiger partial charge in [0.1, 0.15) is 0 Å². The van der Waals surface area contributed by atoms with Crippen LogP contribution in [0.3, 0.4) is 0 Å². The Morgan fingerprint density at radius 1 is 1.00 bits per heavy atom. The molecule has 0 spiro atoms. The van der Waals surface area contributed by atoms with E-state index in [9.17, 15) is 9.90 Å². The molecule has 2 unspecified atom stereocenters. The van der Waals surface area contributed by atoms with Crippen molar-refractivity contribution in [1.29, 1.82) is 0 Å². The van der Waals surface area contributed by atoms with Crippen molar-refractivity contribution in [2.24, 2.45) is 0 Å². The Morgan fingerprint density at radius 3 is 2.45 bits per heavy atom. The maximum Gasteiger partial charge on any atom is 0.332 e. The highest BCUT2D eigenvalue weighted by molar-refractivity contribution is 6.30. The van der Waals surface area contributed by atoms with E-state index >= 15 is 0 Å². The average molecular weight is 283 g/mol. The number of benzene rings is 2. The zero-order chi connectivity index (χ0) is 13.9. The van der Waals surface area contributed by atoms with Gasteiger partial charge in [0.05, 0.1) is 0 Å². The van der Waals surface area contributed by atoms with Gasteiger partial charge in [-0.2, -0.15) is 0 Å². The predicted octanol–water partition coefficient (Wildman–Crippen LogP) is 3.94. The lowest BCUT2D eigenvalue weighted by Crippen LogP contribution is -2.27. The minimum absolute atomic E-state index is 0.00370. The molecule has 0 radical (unpaired) electrons. The summed E-state index contributed by atoms with van der Waals surface area (Å²) in [6.07, 6.45) is 1.87. The molecule has 0 saturated carbocycles. The molecule has 98 valence electrons. The van der Waals surface area contributed by atoms with Crippen LogP contribution in [0.15, 0.2) is 54.1 Å². The number of carboxylic acids is 1. The van der Waals surface area contributed by atoms with Gasteiger partial charge in [0.2, 0.25) is 0 Å². The van der Waals surface area contributed by atoms with Gasteiger partial charge in [0, 0.05) is 22.4 Å². The minimum Gasteiger partial charge on any atom is -0.478 e. The summed E-state index contributed by atoms with van der Waals surface area (Å²) in [7, 11) is 0. The maximum atomic E-state index is 11.5. The van der Waals surface area contributed by atoms with Crippen LogP contribution < -0.4 is 0 Å². The van der Waals surface area contributed by atoms with Crippen molar-refractivity contribution in [2.75, 3.05) is 0 Å². The van der Waals surface area contributed by atoms with E-state index in [1.54, 1.807) is 0 Å². The van der Waals surface area contributed by atoms with E-state index in [-0.39, 0.29) is 11.8 Å². The lowest BCUT2D eigenvalue weighted by molar-refractivity contribution is -0.133. The second-order valence-corrected chi connectivity index (χ2v) is 5.68. The summed E-state index contributed by atoms with van der Waals surface area (Å²) < 4.78 is 0. The van der Waals surface area contributed by atoms with E-state index in [4.69, 9.17) is 11.6 Å². The molecule has 0 amide bonds. The van der Waals surface area contributed by atoms with Gasteiger partial charge in [-0.3, -0.25) is 0 Å². The lowest BCUT2D eigenvalue weighted by atomic mass is 9.64. The van der Waals surface area contributed by atoms with Crippen LogP contribution in [0, 0.1) is 0 Å². The van der Waals surface area contributed by atoms with E-state index in [0.717, 1.165) is 16.7 Å². The van der Waals surface area contributed by atoms with Gasteiger partial charge in [-0.25, -0.2) is 4.79 Å². The molecule has 5 rings (SSSR count). The molecule has 2 bridgehead atoms. The summed E-state index contributed by atoms with van der Waals surface area (Å²) in [5, 5.41) is 10.2. The molecule has 3 aliphatic rings. The number of allylic oxidation sites excluding steroid dienone is 1. The summed E-state index contributed by atoms with van der Waals surface area (Å²) in [5.74, 6) is -1.02. The van der Waals surface area contributed by atoms with Gasteiger partial charge in [-0.05, 0) is 34.4 Å². The Kier molecular flexibility index (Phi) is 2.33. The summed E-state index contributed by atoms with van der Waals surface area (Å²) in [6, 6.07) is 13.8. The Hall–Kier alpha value is -2.06. The van der Waals surface area contributed by atoms with Crippen molar-refractivity contribution in [3.8, 4) is 0 Å². The molecule has 3 aliphatic carbocycles. The van der Waals surface area contributed by atoms with E-state index < -0.39 is 5.97 Å². The van der Waals surface area contributed by atoms with Crippen molar-refractivity contribution in [3.05, 3.63) is 81.4 Å². The molecule has 0 fully saturated rings. The first-order chi connectivity index (χ1) is 9.66. The van der Waals surface area contributed by atoms with E-state index in [1.807, 2.05) is 42.5 Å². The van der Waals surface area contributed by atoms with Crippen LogP contribution in [0.25, 0.3) is 0 Å². The normalized spacial score (nSPS) is 21.9. The monoisotopic (exact) mass is 282 g/mol. The van der Waals surface area contributed by atoms with Gasteiger partial charge in [0.25, 0.3) is 0 Å². The van der Waals surface area contributed by atoms with Crippen LogP contribution >= 0.6 is 11.6 Å². The molecule has 0 aliphatic heterocycles. The third kappa shape index (κ3) is 1.43. The molecule has 3 heteroatoms. The van der Waals surface area contributed by atoms with Crippen molar-refractivity contribution in [1.82, 2.24) is 0 Å². The standard InChI is InChI=1S/C17H11ClO2/c18-9-5-6-12-13(7-9)14-8-15(17(19)20)16(12)11-4-2-1-3-10(11)14/h1-8,14,16H,(H,19,20). The van der Waals surface area contributed by atoms with Gasteiger partial charge in [-0.1, -0.05) is 48.0 Å². The van der Waals surface area contributed by atoms with Crippen molar-refractivity contribution >= 4 is 17.6 Å². The molecule has 0 aromatic heterocycles. The molecule has 2 aromatic carbocycles. The minimum atomic E-state index is -0.838. The van der Waals surface area contributed by atoms with Crippen molar-refractivity contribution in [2.45, 2.75) is 11.8 Å². The number of hydrogen-bond acceptors (Lipinski definition) is 1. The molecule has 2 atom stereocenters. The smallest absolute Gasteiger partial charge is 0.332 e. The highest BCUT2D eigenvalue weighted by atomic mass is 35.5. The van der Waals surface area contributed by atoms with Gasteiger partial charge in [0.15, 0.2) is 0 Å². The second kappa shape index (κ2) is 3.97. The molecule has 20 heavy (non-hydrogen) atoms. The number of hydrogen-bond donors (Lipinski definition) is 1. The highest BCUT2D eigenvalue weighted by Gasteiger charge is 2.40. The molecule has 2 aromatic rings. The summed E-state index contributed by atoms with van der Waals surface area (Å²) in [4.78, 5) is 11.5. The summed E-state index contributed by atoms with van der Waals surface area (Å²) in [6.45, 7) is 0. The molecule has 1 N–H and O–H groups in total. The van der Waals surface area contributed by atoms with Crippen LogP contribution in [0.4, 0.5) is 0 Å². The van der Waals surface area contributed by atoms with E-state index in [0.29, 0.717) is 10.6 Å². The SMILES string of the molecule is O=C(O)C1=CC2c3ccccc3C1c1ccc(Cl)cc12. The number of halogens is 1. The van der Waals surface area contributed by atoms with Crippen LogP contribution in [0.2, 0.25) is 5.02 Å². The van der Waals surface area contributed by atoms with Crippen molar-refractivity contribution in [3.63, 3.8) is 0 Å². The van der Waals surface area contributed by atoms with Crippen LogP contribution in [-0.4, -0.2) is 11.1 Å². The second-order valence-electron chi connectivity index (χ2n) is 5.24. The number of aliphatic carboxylic acids is 1. The van der Waals surface area contributed by atoms with E-state index in [1.165, 1.54) is 5.56 Å². The van der Waals surface area contributed by atoms with Crippen LogP contribution in [-0.2, 0) is 4.79 Å². The fourth-order valence-corrected chi connectivity index (χ4v) is 3.64. The Labute approximate surface area is 121 Å². The molecule has 0 saturated heterocycles. The first-order valence-electron chi connectivity index (χ1n) is 6.50. The highest BCUT2D eigenvalue weighted by Crippen LogP contribution is 2.52. The number of carboxylic acid groups (broad SMARTS) is 1. The zero-order valence-corrected chi connectivity index (χ0v) is 11.3. The molecule has 0 heterocycles. The Bertz CT molecular complexity index is 776. The maximum absolute atomic E-state index is 11.5. The van der Waals surface area contributed by atoms with Gasteiger partial charge < -0.3 is 5.11 Å². The fourth-order valence-electron chi connectivity index (χ4n) is 3.46. The largest absolute Gasteiger partial charge is 0.478 e. The van der Waals surface area contributed by atoms with Gasteiger partial charge in [-0.15, -0.1) is 0 Å². The topological polar surface area (TPSA) is 37.3 Å². The molecular formula is C17H11ClO2. The quantitative estimate of drug-likeness (QED) is 0.860. The number of carbonyl (C=O) groups is 1.